The summed E-state index contributed by atoms with van der Waals surface area (Å²) in [4.78, 5) is 25.2. The molecule has 0 radical (unpaired) electrons. The lowest BCUT2D eigenvalue weighted by atomic mass is 9.77. The summed E-state index contributed by atoms with van der Waals surface area (Å²) in [5.74, 6) is -3.54. The molecular formula is C20H19F3N2O5. The van der Waals surface area contributed by atoms with E-state index in [1.807, 2.05) is 0 Å². The summed E-state index contributed by atoms with van der Waals surface area (Å²) >= 11 is 0. The maximum Gasteiger partial charge on any atom is 0.437 e. The third kappa shape index (κ3) is 3.65. The highest BCUT2D eigenvalue weighted by Gasteiger charge is 2.66. The lowest BCUT2D eigenvalue weighted by molar-refractivity contribution is -0.287. The smallest absolute Gasteiger partial charge is 0.437 e. The van der Waals surface area contributed by atoms with E-state index in [1.54, 1.807) is 19.1 Å². The summed E-state index contributed by atoms with van der Waals surface area (Å²) in [5, 5.41) is 24.1. The second-order valence-corrected chi connectivity index (χ2v) is 6.98. The highest BCUT2D eigenvalue weighted by Crippen LogP contribution is 2.45. The lowest BCUT2D eigenvalue weighted by Crippen LogP contribution is -2.72. The first kappa shape index (κ1) is 21.4. The van der Waals surface area contributed by atoms with E-state index < -0.39 is 35.7 Å². The maximum atomic E-state index is 13.9. The quantitative estimate of drug-likeness (QED) is 0.565. The second-order valence-electron chi connectivity index (χ2n) is 6.98. The van der Waals surface area contributed by atoms with E-state index in [1.165, 1.54) is 36.7 Å². The van der Waals surface area contributed by atoms with Crippen LogP contribution in [0.15, 0.2) is 42.5 Å². The van der Waals surface area contributed by atoms with E-state index >= 15 is 0 Å². The van der Waals surface area contributed by atoms with Crippen LogP contribution in [-0.2, 0) is 0 Å². The normalized spacial score (nSPS) is 24.0. The number of Topliss-reactive ketones (excluding diaryl/α,β-unsaturated/α-hetero) is 1. The Morgan fingerprint density at radius 1 is 1.17 bits per heavy atom. The summed E-state index contributed by atoms with van der Waals surface area (Å²) in [7, 11) is 1.24. The van der Waals surface area contributed by atoms with Crippen LogP contribution in [0.2, 0.25) is 0 Å². The molecule has 0 spiro atoms. The number of benzene rings is 2. The highest BCUT2D eigenvalue weighted by molar-refractivity contribution is 6.00. The first-order valence-corrected chi connectivity index (χ1v) is 8.83. The van der Waals surface area contributed by atoms with Crippen molar-refractivity contribution in [1.82, 2.24) is 10.6 Å². The van der Waals surface area contributed by atoms with Crippen molar-refractivity contribution in [3.8, 4) is 11.5 Å². The van der Waals surface area contributed by atoms with Crippen molar-refractivity contribution >= 4 is 11.8 Å². The van der Waals surface area contributed by atoms with Gasteiger partial charge in [-0.15, -0.1) is 0 Å². The van der Waals surface area contributed by atoms with Gasteiger partial charge >= 0.3 is 12.2 Å². The van der Waals surface area contributed by atoms with Crippen LogP contribution in [0.3, 0.4) is 0 Å². The van der Waals surface area contributed by atoms with Gasteiger partial charge in [-0.05, 0) is 24.6 Å². The monoisotopic (exact) mass is 424 g/mol. The Morgan fingerprint density at radius 2 is 1.80 bits per heavy atom. The van der Waals surface area contributed by atoms with Crippen molar-refractivity contribution in [1.29, 1.82) is 0 Å². The van der Waals surface area contributed by atoms with Crippen LogP contribution < -0.4 is 15.4 Å². The predicted octanol–water partition coefficient (Wildman–Crippen LogP) is 2.81. The van der Waals surface area contributed by atoms with Gasteiger partial charge in [-0.1, -0.05) is 35.9 Å². The van der Waals surface area contributed by atoms with Crippen molar-refractivity contribution in [2.45, 2.75) is 24.9 Å². The number of rotatable bonds is 4. The van der Waals surface area contributed by atoms with Crippen LogP contribution >= 0.6 is 0 Å². The number of alkyl halides is 3. The molecular weight excluding hydrogens is 405 g/mol. The number of hydrogen-bond acceptors (Lipinski definition) is 5. The number of ether oxygens (including phenoxy) is 1. The molecule has 0 bridgehead atoms. The van der Waals surface area contributed by atoms with Gasteiger partial charge in [0.15, 0.2) is 17.3 Å². The standard InChI is InChI=1S/C20H19F3N2O5/c1-10-3-5-11(6-4-10)17(27)15-16(12-7-8-13(26)14(9-12)30-2)24-18(28)25-19(15,29)20(21,22)23/h3-9,15-16,26,29H,1-2H3,(H2,24,25,28). The molecule has 1 saturated heterocycles. The molecule has 2 aromatic carbocycles. The zero-order valence-electron chi connectivity index (χ0n) is 15.9. The van der Waals surface area contributed by atoms with E-state index in [9.17, 15) is 33.0 Å². The second kappa shape index (κ2) is 7.52. The first-order chi connectivity index (χ1) is 14.0. The summed E-state index contributed by atoms with van der Waals surface area (Å²) in [6.45, 7) is 1.74. The minimum absolute atomic E-state index is 0.0348. The van der Waals surface area contributed by atoms with Crippen molar-refractivity contribution in [2.75, 3.05) is 7.11 Å². The average molecular weight is 424 g/mol. The van der Waals surface area contributed by atoms with Gasteiger partial charge in [0.25, 0.3) is 0 Å². The van der Waals surface area contributed by atoms with Gasteiger partial charge in [0, 0.05) is 5.56 Å². The SMILES string of the molecule is COc1cc(C2NC(=O)NC(O)(C(F)(F)F)C2C(=O)c2ccc(C)cc2)ccc1O. The third-order valence-electron chi connectivity index (χ3n) is 4.99. The third-order valence-corrected chi connectivity index (χ3v) is 4.99. The fourth-order valence-corrected chi connectivity index (χ4v) is 3.40. The van der Waals surface area contributed by atoms with E-state index in [0.717, 1.165) is 11.6 Å². The lowest BCUT2D eigenvalue weighted by Gasteiger charge is -2.45. The largest absolute Gasteiger partial charge is 0.504 e. The zero-order chi connectivity index (χ0) is 22.3. The maximum absolute atomic E-state index is 13.9. The molecule has 3 atom stereocenters. The van der Waals surface area contributed by atoms with Gasteiger partial charge < -0.3 is 25.6 Å². The van der Waals surface area contributed by atoms with Crippen molar-refractivity contribution in [3.05, 3.63) is 59.2 Å². The van der Waals surface area contributed by atoms with Gasteiger partial charge in [0.2, 0.25) is 5.72 Å². The first-order valence-electron chi connectivity index (χ1n) is 8.83. The van der Waals surface area contributed by atoms with E-state index in [4.69, 9.17) is 4.74 Å². The van der Waals surface area contributed by atoms with Crippen molar-refractivity contribution in [2.24, 2.45) is 5.92 Å². The molecule has 1 fully saturated rings. The highest BCUT2D eigenvalue weighted by atomic mass is 19.4. The molecule has 2 amide bonds. The molecule has 7 nitrogen and oxygen atoms in total. The molecule has 1 aliphatic rings. The Hall–Kier alpha value is -3.27. The van der Waals surface area contributed by atoms with Gasteiger partial charge in [0.05, 0.1) is 13.2 Å². The van der Waals surface area contributed by atoms with Gasteiger partial charge in [-0.2, -0.15) is 13.2 Å². The number of carbonyl (C=O) groups is 2. The van der Waals surface area contributed by atoms with Crippen LogP contribution in [0, 0.1) is 12.8 Å². The Balaban J connectivity index is 2.18. The van der Waals surface area contributed by atoms with Crippen LogP contribution in [0.5, 0.6) is 11.5 Å². The van der Waals surface area contributed by atoms with Crippen molar-refractivity contribution < 1.29 is 37.7 Å². The van der Waals surface area contributed by atoms with Gasteiger partial charge in [0.1, 0.15) is 5.92 Å². The Bertz CT molecular complexity index is 977. The molecule has 0 aliphatic carbocycles. The Labute approximate surface area is 169 Å². The molecule has 1 aliphatic heterocycles. The predicted molar refractivity (Wildman–Crippen MR) is 99.1 cm³/mol. The van der Waals surface area contributed by atoms with E-state index in [-0.39, 0.29) is 22.6 Å². The number of aliphatic hydroxyl groups is 1. The summed E-state index contributed by atoms with van der Waals surface area (Å²) in [6, 6.07) is 6.51. The number of ketones is 1. The minimum atomic E-state index is -5.35. The molecule has 30 heavy (non-hydrogen) atoms. The number of hydrogen-bond donors (Lipinski definition) is 4. The summed E-state index contributed by atoms with van der Waals surface area (Å²) in [6.07, 6.45) is -5.35. The molecule has 1 heterocycles. The topological polar surface area (TPSA) is 108 Å². The number of phenolic OH excluding ortho intramolecular Hbond substituents is 1. The number of nitrogens with one attached hydrogen (secondary N) is 2. The molecule has 160 valence electrons. The Morgan fingerprint density at radius 3 is 2.37 bits per heavy atom. The number of aryl methyl sites for hydroxylation is 1. The molecule has 3 unspecified atom stereocenters. The fraction of sp³-hybridized carbons (Fsp3) is 0.300. The van der Waals surface area contributed by atoms with Gasteiger partial charge in [-0.3, -0.25) is 4.79 Å². The molecule has 10 heteroatoms. The average Bonchev–Trinajstić information content (AvgIpc) is 2.67. The van der Waals surface area contributed by atoms with Crippen LogP contribution in [-0.4, -0.2) is 41.0 Å². The molecule has 0 saturated carbocycles. The number of carbonyl (C=O) groups excluding carboxylic acids is 2. The number of urea groups is 1. The van der Waals surface area contributed by atoms with E-state index in [0.29, 0.717) is 0 Å². The molecule has 4 N–H and O–H groups in total. The van der Waals surface area contributed by atoms with Crippen LogP contribution in [0.1, 0.15) is 27.5 Å². The summed E-state index contributed by atoms with van der Waals surface area (Å²) in [5.41, 5.74) is -3.07. The minimum Gasteiger partial charge on any atom is -0.504 e. The zero-order valence-corrected chi connectivity index (χ0v) is 15.9. The fourth-order valence-electron chi connectivity index (χ4n) is 3.40. The van der Waals surface area contributed by atoms with E-state index in [2.05, 4.69) is 5.32 Å². The number of amides is 2. The Kier molecular flexibility index (Phi) is 5.38. The summed E-state index contributed by atoms with van der Waals surface area (Å²) < 4.78 is 46.6. The number of halogens is 3. The van der Waals surface area contributed by atoms with Gasteiger partial charge in [-0.25, -0.2) is 4.79 Å². The molecule has 0 aromatic heterocycles. The number of methoxy groups -OCH3 is 1. The molecule has 3 rings (SSSR count). The van der Waals surface area contributed by atoms with Crippen LogP contribution in [0.25, 0.3) is 0 Å². The number of phenols is 1. The van der Waals surface area contributed by atoms with Crippen molar-refractivity contribution in [3.63, 3.8) is 0 Å². The van der Waals surface area contributed by atoms with Crippen LogP contribution in [0.4, 0.5) is 18.0 Å². The molecule has 2 aromatic rings. The number of aromatic hydroxyl groups is 1.